The molecule has 0 spiro atoms. The molecule has 1 heterocycles. The van der Waals surface area contributed by atoms with Crippen LogP contribution in [0.3, 0.4) is 0 Å². The highest BCUT2D eigenvalue weighted by atomic mass is 16.5. The van der Waals surface area contributed by atoms with Gasteiger partial charge in [0, 0.05) is 23.5 Å². The minimum Gasteiger partial charge on any atom is -0.497 e. The molecule has 0 unspecified atom stereocenters. The van der Waals surface area contributed by atoms with E-state index in [0.717, 1.165) is 48.0 Å². The largest absolute Gasteiger partial charge is 0.497 e. The van der Waals surface area contributed by atoms with Crippen molar-refractivity contribution in [2.24, 2.45) is 11.7 Å². The lowest BCUT2D eigenvalue weighted by atomic mass is 9.86. The number of carbonyl (C=O) groups excluding carboxylic acids is 1. The summed E-state index contributed by atoms with van der Waals surface area (Å²) >= 11 is 0. The Labute approximate surface area is 129 Å². The summed E-state index contributed by atoms with van der Waals surface area (Å²) in [4.78, 5) is 16.8. The second-order valence-corrected chi connectivity index (χ2v) is 5.84. The summed E-state index contributed by atoms with van der Waals surface area (Å²) in [6.45, 7) is 0. The first kappa shape index (κ1) is 14.8. The van der Waals surface area contributed by atoms with E-state index >= 15 is 0 Å². The van der Waals surface area contributed by atoms with Crippen molar-refractivity contribution >= 4 is 22.5 Å². The Hall–Kier alpha value is -2.14. The molecule has 0 atom stereocenters. The second kappa shape index (κ2) is 6.32. The third-order valence-corrected chi connectivity index (χ3v) is 4.35. The number of anilines is 1. The van der Waals surface area contributed by atoms with Gasteiger partial charge in [-0.25, -0.2) is 0 Å². The van der Waals surface area contributed by atoms with Crippen molar-refractivity contribution < 1.29 is 9.53 Å². The Bertz CT molecular complexity index is 679. The van der Waals surface area contributed by atoms with Gasteiger partial charge in [-0.15, -0.1) is 0 Å². The average molecular weight is 299 g/mol. The van der Waals surface area contributed by atoms with Crippen molar-refractivity contribution in [2.45, 2.75) is 31.7 Å². The number of ether oxygens (including phenoxy) is 1. The summed E-state index contributed by atoms with van der Waals surface area (Å²) in [6.07, 6.45) is 5.27. The molecule has 3 rings (SSSR count). The minimum atomic E-state index is 0.0497. The number of carbonyl (C=O) groups is 1. The van der Waals surface area contributed by atoms with Crippen molar-refractivity contribution in [1.82, 2.24) is 4.98 Å². The van der Waals surface area contributed by atoms with E-state index in [2.05, 4.69) is 10.3 Å². The lowest BCUT2D eigenvalue weighted by Crippen LogP contribution is -2.32. The standard InChI is InChI=1S/C17H21N3O2/c1-22-13-6-7-15-14(10-13)16(8-9-19-15)20-17(21)11-2-4-12(18)5-3-11/h6-12H,2-5,18H2,1H3,(H,19,20,21). The Morgan fingerprint density at radius 3 is 2.77 bits per heavy atom. The van der Waals surface area contributed by atoms with Crippen LogP contribution >= 0.6 is 0 Å². The van der Waals surface area contributed by atoms with Crippen molar-refractivity contribution in [3.63, 3.8) is 0 Å². The first-order valence-electron chi connectivity index (χ1n) is 7.66. The Balaban J connectivity index is 1.82. The van der Waals surface area contributed by atoms with Crippen LogP contribution in [-0.2, 0) is 4.79 Å². The number of fused-ring (bicyclic) bond motifs is 1. The maximum absolute atomic E-state index is 12.5. The molecule has 1 aromatic heterocycles. The Morgan fingerprint density at radius 2 is 2.05 bits per heavy atom. The SMILES string of the molecule is COc1ccc2nccc(NC(=O)C3CCC(N)CC3)c2c1. The van der Waals surface area contributed by atoms with Gasteiger partial charge in [-0.1, -0.05) is 0 Å². The molecule has 1 aromatic carbocycles. The molecule has 0 radical (unpaired) electrons. The zero-order chi connectivity index (χ0) is 15.5. The molecule has 5 heteroatoms. The number of amides is 1. The van der Waals surface area contributed by atoms with E-state index < -0.39 is 0 Å². The fraction of sp³-hybridized carbons (Fsp3) is 0.412. The van der Waals surface area contributed by atoms with E-state index in [1.165, 1.54) is 0 Å². The number of methoxy groups -OCH3 is 1. The second-order valence-electron chi connectivity index (χ2n) is 5.84. The molecule has 2 aromatic rings. The number of aromatic nitrogens is 1. The molecule has 22 heavy (non-hydrogen) atoms. The maximum atomic E-state index is 12.5. The smallest absolute Gasteiger partial charge is 0.227 e. The van der Waals surface area contributed by atoms with Crippen LogP contribution < -0.4 is 15.8 Å². The number of hydrogen-bond acceptors (Lipinski definition) is 4. The van der Waals surface area contributed by atoms with Crippen molar-refractivity contribution in [2.75, 3.05) is 12.4 Å². The van der Waals surface area contributed by atoms with Gasteiger partial charge in [0.1, 0.15) is 5.75 Å². The molecule has 1 fully saturated rings. The molecule has 0 saturated heterocycles. The first-order chi connectivity index (χ1) is 10.7. The predicted molar refractivity (Wildman–Crippen MR) is 86.9 cm³/mol. The van der Waals surface area contributed by atoms with E-state index in [1.807, 2.05) is 24.3 Å². The molecule has 0 bridgehead atoms. The van der Waals surface area contributed by atoms with E-state index in [1.54, 1.807) is 13.3 Å². The average Bonchev–Trinajstić information content (AvgIpc) is 2.55. The quantitative estimate of drug-likeness (QED) is 0.913. The summed E-state index contributed by atoms with van der Waals surface area (Å²) in [5.74, 6) is 0.871. The van der Waals surface area contributed by atoms with Crippen LogP contribution in [0.2, 0.25) is 0 Å². The zero-order valence-corrected chi connectivity index (χ0v) is 12.7. The highest BCUT2D eigenvalue weighted by Crippen LogP contribution is 2.28. The summed E-state index contributed by atoms with van der Waals surface area (Å²) < 4.78 is 5.26. The number of nitrogens with one attached hydrogen (secondary N) is 1. The highest BCUT2D eigenvalue weighted by molar-refractivity contribution is 6.02. The van der Waals surface area contributed by atoms with Gasteiger partial charge in [0.25, 0.3) is 0 Å². The molecule has 5 nitrogen and oxygen atoms in total. The number of hydrogen-bond donors (Lipinski definition) is 2. The normalized spacial score (nSPS) is 21.5. The lowest BCUT2D eigenvalue weighted by molar-refractivity contribution is -0.120. The summed E-state index contributed by atoms with van der Waals surface area (Å²) in [5, 5.41) is 3.94. The molecular formula is C17H21N3O2. The van der Waals surface area contributed by atoms with Crippen molar-refractivity contribution in [3.05, 3.63) is 30.5 Å². The van der Waals surface area contributed by atoms with E-state index in [-0.39, 0.29) is 17.9 Å². The molecule has 0 aliphatic heterocycles. The molecule has 1 aliphatic carbocycles. The summed E-state index contributed by atoms with van der Waals surface area (Å²) in [7, 11) is 1.63. The zero-order valence-electron chi connectivity index (χ0n) is 12.7. The molecule has 1 saturated carbocycles. The number of benzene rings is 1. The Morgan fingerprint density at radius 1 is 1.27 bits per heavy atom. The number of nitrogens with two attached hydrogens (primary N) is 1. The van der Waals surface area contributed by atoms with Crippen LogP contribution in [0.15, 0.2) is 30.5 Å². The fourth-order valence-corrected chi connectivity index (χ4v) is 2.98. The predicted octanol–water partition coefficient (Wildman–Crippen LogP) is 2.70. The van der Waals surface area contributed by atoms with Crippen molar-refractivity contribution in [1.29, 1.82) is 0 Å². The lowest BCUT2D eigenvalue weighted by Gasteiger charge is -2.25. The molecule has 3 N–H and O–H groups in total. The topological polar surface area (TPSA) is 77.2 Å². The highest BCUT2D eigenvalue weighted by Gasteiger charge is 2.24. The van der Waals surface area contributed by atoms with Gasteiger partial charge in [-0.05, 0) is 49.9 Å². The third kappa shape index (κ3) is 3.04. The molecule has 1 amide bonds. The van der Waals surface area contributed by atoms with Crippen molar-refractivity contribution in [3.8, 4) is 5.75 Å². The van der Waals surface area contributed by atoms with Gasteiger partial charge in [0.15, 0.2) is 0 Å². The fourth-order valence-electron chi connectivity index (χ4n) is 2.98. The molecule has 116 valence electrons. The van der Waals surface area contributed by atoms with Crippen LogP contribution in [0.1, 0.15) is 25.7 Å². The molecule has 1 aliphatic rings. The monoisotopic (exact) mass is 299 g/mol. The summed E-state index contributed by atoms with van der Waals surface area (Å²) in [5.41, 5.74) is 7.52. The van der Waals surface area contributed by atoms with E-state index in [4.69, 9.17) is 10.5 Å². The van der Waals surface area contributed by atoms with Gasteiger partial charge in [0.05, 0.1) is 18.3 Å². The Kier molecular flexibility index (Phi) is 4.24. The van der Waals surface area contributed by atoms with Crippen LogP contribution in [0.4, 0.5) is 5.69 Å². The number of nitrogens with zero attached hydrogens (tertiary/aromatic N) is 1. The summed E-state index contributed by atoms with van der Waals surface area (Å²) in [6, 6.07) is 7.73. The van der Waals surface area contributed by atoms with Crippen LogP contribution in [0, 0.1) is 5.92 Å². The van der Waals surface area contributed by atoms with E-state index in [9.17, 15) is 4.79 Å². The third-order valence-electron chi connectivity index (χ3n) is 4.35. The van der Waals surface area contributed by atoms with Gasteiger partial charge in [-0.3, -0.25) is 9.78 Å². The van der Waals surface area contributed by atoms with Gasteiger partial charge in [0.2, 0.25) is 5.91 Å². The maximum Gasteiger partial charge on any atom is 0.227 e. The molecular weight excluding hydrogens is 278 g/mol. The number of pyridine rings is 1. The number of rotatable bonds is 3. The van der Waals surface area contributed by atoms with Gasteiger partial charge < -0.3 is 15.8 Å². The van der Waals surface area contributed by atoms with Gasteiger partial charge >= 0.3 is 0 Å². The van der Waals surface area contributed by atoms with E-state index in [0.29, 0.717) is 0 Å². The van der Waals surface area contributed by atoms with Crippen LogP contribution in [0.5, 0.6) is 5.75 Å². The van der Waals surface area contributed by atoms with Gasteiger partial charge in [-0.2, -0.15) is 0 Å². The van der Waals surface area contributed by atoms with Crippen LogP contribution in [0.25, 0.3) is 10.9 Å². The first-order valence-corrected chi connectivity index (χ1v) is 7.66. The van der Waals surface area contributed by atoms with Crippen LogP contribution in [-0.4, -0.2) is 24.0 Å². The minimum absolute atomic E-state index is 0.0497.